The zero-order chi connectivity index (χ0) is 23.5. The molecule has 1 N–H and O–H groups in total. The molecule has 0 saturated heterocycles. The van der Waals surface area contributed by atoms with Crippen LogP contribution < -0.4 is 4.74 Å². The van der Waals surface area contributed by atoms with Gasteiger partial charge in [-0.1, -0.05) is 80.1 Å². The molecule has 0 aliphatic rings. The SMILES string of the molecule is CCCCO[C@@H](Cc1ccc(OC/C=C(/C)c2ccc(-c3ccccc3)cc2)cc1)C(=O)O. The van der Waals surface area contributed by atoms with Gasteiger partial charge in [-0.2, -0.15) is 0 Å². The first-order chi connectivity index (χ1) is 16.1. The van der Waals surface area contributed by atoms with Gasteiger partial charge < -0.3 is 14.6 Å². The first-order valence-electron chi connectivity index (χ1n) is 11.5. The van der Waals surface area contributed by atoms with Gasteiger partial charge in [0.1, 0.15) is 12.4 Å². The zero-order valence-electron chi connectivity index (χ0n) is 19.4. The van der Waals surface area contributed by atoms with Crippen molar-refractivity contribution in [3.8, 4) is 16.9 Å². The molecule has 3 rings (SSSR count). The molecule has 0 spiro atoms. The molecule has 33 heavy (non-hydrogen) atoms. The molecule has 0 heterocycles. The molecule has 0 bridgehead atoms. The van der Waals surface area contributed by atoms with Gasteiger partial charge in [0.25, 0.3) is 0 Å². The van der Waals surface area contributed by atoms with Gasteiger partial charge in [0.05, 0.1) is 0 Å². The molecule has 0 aromatic heterocycles. The number of hydrogen-bond acceptors (Lipinski definition) is 3. The minimum absolute atomic E-state index is 0.345. The highest BCUT2D eigenvalue weighted by Crippen LogP contribution is 2.22. The van der Waals surface area contributed by atoms with E-state index in [9.17, 15) is 9.90 Å². The van der Waals surface area contributed by atoms with Gasteiger partial charge in [0.15, 0.2) is 6.10 Å². The Labute approximate surface area is 196 Å². The quantitative estimate of drug-likeness (QED) is 0.318. The summed E-state index contributed by atoms with van der Waals surface area (Å²) in [6.45, 7) is 5.06. The molecule has 0 saturated carbocycles. The van der Waals surface area contributed by atoms with E-state index in [2.05, 4.69) is 56.3 Å². The maximum atomic E-state index is 11.4. The van der Waals surface area contributed by atoms with E-state index in [1.54, 1.807) is 0 Å². The van der Waals surface area contributed by atoms with Crippen LogP contribution in [0.5, 0.6) is 5.75 Å². The van der Waals surface area contributed by atoms with Crippen LogP contribution in [0, 0.1) is 0 Å². The molecule has 0 amide bonds. The van der Waals surface area contributed by atoms with Crippen molar-refractivity contribution in [2.75, 3.05) is 13.2 Å². The zero-order valence-corrected chi connectivity index (χ0v) is 19.4. The van der Waals surface area contributed by atoms with Crippen LogP contribution in [0.4, 0.5) is 0 Å². The van der Waals surface area contributed by atoms with Crippen molar-refractivity contribution in [3.05, 3.63) is 96.1 Å². The van der Waals surface area contributed by atoms with E-state index < -0.39 is 12.1 Å². The number of carboxylic acids is 1. The molecule has 3 aromatic carbocycles. The normalized spacial score (nSPS) is 12.4. The number of benzene rings is 3. The number of aliphatic carboxylic acids is 1. The molecular formula is C29H32O4. The first kappa shape index (κ1) is 24.3. The predicted octanol–water partition coefficient (Wildman–Crippen LogP) is 6.65. The summed E-state index contributed by atoms with van der Waals surface area (Å²) in [7, 11) is 0. The standard InChI is InChI=1S/C29H32O4/c1-3-4-19-33-28(29(30)31)21-23-10-16-27(17-11-23)32-20-18-22(2)24-12-14-26(15-13-24)25-8-6-5-7-9-25/h5-18,28H,3-4,19-21H2,1-2H3,(H,30,31)/b22-18-/t28-/m0/s1. The van der Waals surface area contributed by atoms with Gasteiger partial charge in [-0.3, -0.25) is 0 Å². The third kappa shape index (κ3) is 7.62. The lowest BCUT2D eigenvalue weighted by Gasteiger charge is -2.14. The molecule has 0 aliphatic heterocycles. The molecule has 172 valence electrons. The van der Waals surface area contributed by atoms with E-state index in [-0.39, 0.29) is 0 Å². The van der Waals surface area contributed by atoms with Crippen molar-refractivity contribution in [1.29, 1.82) is 0 Å². The van der Waals surface area contributed by atoms with Gasteiger partial charge in [-0.05, 0) is 59.4 Å². The summed E-state index contributed by atoms with van der Waals surface area (Å²) in [5.74, 6) is -0.176. The van der Waals surface area contributed by atoms with Crippen LogP contribution >= 0.6 is 0 Å². The summed E-state index contributed by atoms with van der Waals surface area (Å²) in [5, 5.41) is 9.37. The highest BCUT2D eigenvalue weighted by atomic mass is 16.5. The molecular weight excluding hydrogens is 412 g/mol. The van der Waals surface area contributed by atoms with Crippen LogP contribution in [0.3, 0.4) is 0 Å². The number of carbonyl (C=O) groups is 1. The van der Waals surface area contributed by atoms with Crippen LogP contribution in [-0.2, 0) is 16.0 Å². The smallest absolute Gasteiger partial charge is 0.333 e. The second-order valence-electron chi connectivity index (χ2n) is 8.04. The summed E-state index contributed by atoms with van der Waals surface area (Å²) >= 11 is 0. The Morgan fingerprint density at radius 1 is 0.939 bits per heavy atom. The number of allylic oxidation sites excluding steroid dienone is 1. The minimum Gasteiger partial charge on any atom is -0.490 e. The van der Waals surface area contributed by atoms with E-state index in [1.807, 2.05) is 42.5 Å². The highest BCUT2D eigenvalue weighted by molar-refractivity contribution is 5.72. The van der Waals surface area contributed by atoms with Crippen LogP contribution in [0.15, 0.2) is 84.9 Å². The van der Waals surface area contributed by atoms with Gasteiger partial charge in [-0.25, -0.2) is 4.79 Å². The average molecular weight is 445 g/mol. The average Bonchev–Trinajstić information content (AvgIpc) is 2.85. The Morgan fingerprint density at radius 2 is 1.61 bits per heavy atom. The summed E-state index contributed by atoms with van der Waals surface area (Å²) in [5.41, 5.74) is 5.64. The largest absolute Gasteiger partial charge is 0.490 e. The van der Waals surface area contributed by atoms with E-state index in [0.29, 0.717) is 19.6 Å². The van der Waals surface area contributed by atoms with Crippen LogP contribution in [0.1, 0.15) is 37.8 Å². The molecule has 4 heteroatoms. The lowest BCUT2D eigenvalue weighted by Crippen LogP contribution is -2.26. The van der Waals surface area contributed by atoms with Gasteiger partial charge in [0, 0.05) is 13.0 Å². The molecule has 3 aromatic rings. The topological polar surface area (TPSA) is 55.8 Å². The number of ether oxygens (including phenoxy) is 2. The van der Waals surface area contributed by atoms with Gasteiger partial charge >= 0.3 is 5.97 Å². The van der Waals surface area contributed by atoms with Gasteiger partial charge in [0.2, 0.25) is 0 Å². The van der Waals surface area contributed by atoms with Crippen molar-refractivity contribution in [1.82, 2.24) is 0 Å². The minimum atomic E-state index is -0.927. The third-order valence-electron chi connectivity index (χ3n) is 5.52. The van der Waals surface area contributed by atoms with Crippen molar-refractivity contribution in [2.24, 2.45) is 0 Å². The molecule has 4 nitrogen and oxygen atoms in total. The van der Waals surface area contributed by atoms with Crippen LogP contribution in [0.25, 0.3) is 16.7 Å². The third-order valence-corrected chi connectivity index (χ3v) is 5.52. The highest BCUT2D eigenvalue weighted by Gasteiger charge is 2.18. The molecule has 0 unspecified atom stereocenters. The Hall–Kier alpha value is -3.37. The number of hydrogen-bond donors (Lipinski definition) is 1. The summed E-state index contributed by atoms with van der Waals surface area (Å²) in [6, 6.07) is 26.4. The maximum absolute atomic E-state index is 11.4. The Morgan fingerprint density at radius 3 is 2.24 bits per heavy atom. The summed E-state index contributed by atoms with van der Waals surface area (Å²) in [4.78, 5) is 11.4. The van der Waals surface area contributed by atoms with Crippen molar-refractivity contribution >= 4 is 11.5 Å². The monoisotopic (exact) mass is 444 g/mol. The Kier molecular flexibility index (Phi) is 9.28. The van der Waals surface area contributed by atoms with E-state index >= 15 is 0 Å². The van der Waals surface area contributed by atoms with E-state index in [0.717, 1.165) is 35.3 Å². The fourth-order valence-electron chi connectivity index (χ4n) is 3.46. The Balaban J connectivity index is 1.51. The predicted molar refractivity (Wildman–Crippen MR) is 133 cm³/mol. The molecule has 0 radical (unpaired) electrons. The fraction of sp³-hybridized carbons (Fsp3) is 0.276. The van der Waals surface area contributed by atoms with Crippen molar-refractivity contribution < 1.29 is 19.4 Å². The lowest BCUT2D eigenvalue weighted by atomic mass is 10.0. The van der Waals surface area contributed by atoms with Crippen molar-refractivity contribution in [2.45, 2.75) is 39.2 Å². The molecule has 0 fully saturated rings. The number of carboxylic acid groups (broad SMARTS) is 1. The maximum Gasteiger partial charge on any atom is 0.333 e. The number of unbranched alkanes of at least 4 members (excludes halogenated alkanes) is 1. The van der Waals surface area contributed by atoms with E-state index in [4.69, 9.17) is 9.47 Å². The van der Waals surface area contributed by atoms with Crippen LogP contribution in [0.2, 0.25) is 0 Å². The fourth-order valence-corrected chi connectivity index (χ4v) is 3.46. The molecule has 1 atom stereocenters. The second kappa shape index (κ2) is 12.6. The molecule has 0 aliphatic carbocycles. The lowest BCUT2D eigenvalue weighted by molar-refractivity contribution is -0.150. The summed E-state index contributed by atoms with van der Waals surface area (Å²) in [6.07, 6.45) is 3.43. The summed E-state index contributed by atoms with van der Waals surface area (Å²) < 4.78 is 11.4. The Bertz CT molecular complexity index is 1020. The number of rotatable bonds is 12. The van der Waals surface area contributed by atoms with Gasteiger partial charge in [-0.15, -0.1) is 0 Å². The van der Waals surface area contributed by atoms with E-state index in [1.165, 1.54) is 11.1 Å². The second-order valence-corrected chi connectivity index (χ2v) is 8.04. The van der Waals surface area contributed by atoms with Crippen molar-refractivity contribution in [3.63, 3.8) is 0 Å². The first-order valence-corrected chi connectivity index (χ1v) is 11.5. The van der Waals surface area contributed by atoms with Crippen LogP contribution in [-0.4, -0.2) is 30.4 Å².